The Balaban J connectivity index is 1.45. The lowest BCUT2D eigenvalue weighted by molar-refractivity contribution is -0.130. The van der Waals surface area contributed by atoms with Gasteiger partial charge in [0.1, 0.15) is 6.54 Å². The van der Waals surface area contributed by atoms with E-state index in [9.17, 15) is 9.59 Å². The van der Waals surface area contributed by atoms with Gasteiger partial charge in [-0.3, -0.25) is 9.59 Å². The third kappa shape index (κ3) is 6.10. The van der Waals surface area contributed by atoms with E-state index in [2.05, 4.69) is 32.7 Å². The molecule has 0 atom stereocenters. The van der Waals surface area contributed by atoms with Crippen LogP contribution in [0.4, 0.5) is 5.69 Å². The van der Waals surface area contributed by atoms with Crippen molar-refractivity contribution in [2.24, 2.45) is 4.99 Å². The molecule has 0 saturated carbocycles. The molecule has 2 heterocycles. The first-order valence-electron chi connectivity index (χ1n) is 10.5. The molecule has 1 aromatic carbocycles. The number of nitrogens with one attached hydrogen (secondary N) is 2. The zero-order chi connectivity index (χ0) is 20.5. The summed E-state index contributed by atoms with van der Waals surface area (Å²) in [6, 6.07) is 10.3. The van der Waals surface area contributed by atoms with Crippen LogP contribution in [0.5, 0.6) is 0 Å². The van der Waals surface area contributed by atoms with Crippen LogP contribution in [-0.4, -0.2) is 86.5 Å². The fraction of sp³-hybridized carbons (Fsp3) is 0.571. The van der Waals surface area contributed by atoms with Crippen molar-refractivity contribution in [2.75, 3.05) is 63.8 Å². The van der Waals surface area contributed by atoms with Crippen molar-refractivity contribution in [2.45, 2.75) is 19.8 Å². The summed E-state index contributed by atoms with van der Waals surface area (Å²) in [5.74, 6) is 0.605. The quantitative estimate of drug-likeness (QED) is 0.537. The molecule has 0 radical (unpaired) electrons. The molecule has 2 aliphatic heterocycles. The minimum atomic E-state index is 0.0146. The van der Waals surface area contributed by atoms with E-state index in [-0.39, 0.29) is 24.9 Å². The number of rotatable bonds is 6. The molecule has 2 amide bonds. The maximum Gasteiger partial charge on any atom is 0.244 e. The highest BCUT2D eigenvalue weighted by atomic mass is 16.2. The normalized spacial score (nSPS) is 17.4. The molecule has 0 aliphatic carbocycles. The maximum atomic E-state index is 12.6. The van der Waals surface area contributed by atoms with Gasteiger partial charge in [0.05, 0.1) is 6.54 Å². The number of guanidine groups is 1. The van der Waals surface area contributed by atoms with Crippen LogP contribution in [0, 0.1) is 0 Å². The number of aliphatic imine (C=N–C) groups is 1. The Kier molecular flexibility index (Phi) is 7.72. The number of anilines is 1. The second-order valence-electron chi connectivity index (χ2n) is 7.34. The molecule has 1 aromatic rings. The van der Waals surface area contributed by atoms with Crippen LogP contribution in [0.2, 0.25) is 0 Å². The summed E-state index contributed by atoms with van der Waals surface area (Å²) < 4.78 is 0. The van der Waals surface area contributed by atoms with Crippen molar-refractivity contribution >= 4 is 23.5 Å². The van der Waals surface area contributed by atoms with E-state index >= 15 is 0 Å². The summed E-state index contributed by atoms with van der Waals surface area (Å²) in [6.45, 7) is 7.63. The van der Waals surface area contributed by atoms with Crippen LogP contribution < -0.4 is 15.5 Å². The number of amides is 2. The van der Waals surface area contributed by atoms with E-state index in [0.717, 1.165) is 39.0 Å². The van der Waals surface area contributed by atoms with Crippen LogP contribution in [-0.2, 0) is 9.59 Å². The third-order valence-electron chi connectivity index (χ3n) is 5.34. The van der Waals surface area contributed by atoms with Gasteiger partial charge in [-0.25, -0.2) is 4.99 Å². The summed E-state index contributed by atoms with van der Waals surface area (Å²) in [5, 5.41) is 6.16. The predicted molar refractivity (Wildman–Crippen MR) is 115 cm³/mol. The summed E-state index contributed by atoms with van der Waals surface area (Å²) >= 11 is 0. The molecule has 8 nitrogen and oxygen atoms in total. The van der Waals surface area contributed by atoms with Gasteiger partial charge in [0, 0.05) is 51.5 Å². The van der Waals surface area contributed by atoms with Crippen molar-refractivity contribution in [1.29, 1.82) is 0 Å². The third-order valence-corrected chi connectivity index (χ3v) is 5.34. The number of para-hydroxylation sites is 1. The number of carbonyl (C=O) groups is 2. The molecule has 2 fully saturated rings. The lowest BCUT2D eigenvalue weighted by Crippen LogP contribution is -2.50. The average molecular weight is 401 g/mol. The minimum absolute atomic E-state index is 0.0146. The van der Waals surface area contributed by atoms with Crippen LogP contribution in [0.15, 0.2) is 35.3 Å². The highest BCUT2D eigenvalue weighted by Crippen LogP contribution is 2.15. The van der Waals surface area contributed by atoms with E-state index in [1.54, 1.807) is 0 Å². The standard InChI is InChI=1S/C21H32N6O2/c1-2-22-21(23-16-19(28)26-10-6-7-11-26)24-17-20(29)27-14-12-25(13-15-27)18-8-4-3-5-9-18/h3-5,8-9H,2,6-7,10-17H2,1H3,(H2,22,23,24). The van der Waals surface area contributed by atoms with Crippen LogP contribution in [0.25, 0.3) is 0 Å². The molecule has 0 bridgehead atoms. The van der Waals surface area contributed by atoms with Crippen LogP contribution in [0.1, 0.15) is 19.8 Å². The Bertz CT molecular complexity index is 694. The molecule has 2 N–H and O–H groups in total. The van der Waals surface area contributed by atoms with Gasteiger partial charge in [-0.15, -0.1) is 0 Å². The highest BCUT2D eigenvalue weighted by Gasteiger charge is 2.21. The van der Waals surface area contributed by atoms with Crippen LogP contribution >= 0.6 is 0 Å². The average Bonchev–Trinajstić information content (AvgIpc) is 3.31. The van der Waals surface area contributed by atoms with Gasteiger partial charge in [0.2, 0.25) is 11.8 Å². The van der Waals surface area contributed by atoms with E-state index in [0.29, 0.717) is 25.6 Å². The summed E-state index contributed by atoms with van der Waals surface area (Å²) in [7, 11) is 0. The van der Waals surface area contributed by atoms with Crippen LogP contribution in [0.3, 0.4) is 0 Å². The first-order chi connectivity index (χ1) is 14.2. The first-order valence-corrected chi connectivity index (χ1v) is 10.5. The largest absolute Gasteiger partial charge is 0.368 e. The van der Waals surface area contributed by atoms with Crippen molar-refractivity contribution < 1.29 is 9.59 Å². The molecule has 0 spiro atoms. The molecule has 0 unspecified atom stereocenters. The Hall–Kier alpha value is -2.77. The molecular formula is C21H32N6O2. The Labute approximate surface area is 172 Å². The van der Waals surface area contributed by atoms with Crippen molar-refractivity contribution in [1.82, 2.24) is 20.4 Å². The lowest BCUT2D eigenvalue weighted by Gasteiger charge is -2.36. The minimum Gasteiger partial charge on any atom is -0.368 e. The zero-order valence-electron chi connectivity index (χ0n) is 17.3. The van der Waals surface area contributed by atoms with Gasteiger partial charge in [0.15, 0.2) is 5.96 Å². The number of nitrogens with zero attached hydrogens (tertiary/aromatic N) is 4. The molecule has 0 aromatic heterocycles. The molecule has 29 heavy (non-hydrogen) atoms. The monoisotopic (exact) mass is 400 g/mol. The second kappa shape index (κ2) is 10.7. The topological polar surface area (TPSA) is 80.3 Å². The van der Waals surface area contributed by atoms with E-state index in [4.69, 9.17) is 0 Å². The number of hydrogen-bond donors (Lipinski definition) is 2. The van der Waals surface area contributed by atoms with Gasteiger partial charge in [-0.1, -0.05) is 18.2 Å². The van der Waals surface area contributed by atoms with E-state index < -0.39 is 0 Å². The van der Waals surface area contributed by atoms with Crippen molar-refractivity contribution in [3.8, 4) is 0 Å². The molecule has 2 aliphatic rings. The fourth-order valence-corrected chi connectivity index (χ4v) is 3.68. The molecular weight excluding hydrogens is 368 g/mol. The number of carbonyl (C=O) groups excluding carboxylic acids is 2. The Morgan fingerprint density at radius 3 is 2.21 bits per heavy atom. The molecule has 158 valence electrons. The summed E-state index contributed by atoms with van der Waals surface area (Å²) in [6.07, 6.45) is 2.15. The Morgan fingerprint density at radius 1 is 0.897 bits per heavy atom. The second-order valence-corrected chi connectivity index (χ2v) is 7.34. The van der Waals surface area contributed by atoms with Gasteiger partial charge in [0.25, 0.3) is 0 Å². The number of benzene rings is 1. The molecule has 2 saturated heterocycles. The predicted octanol–water partition coefficient (Wildman–Crippen LogP) is 0.513. The number of piperazine rings is 1. The first kappa shape index (κ1) is 21.0. The number of likely N-dealkylation sites (tertiary alicyclic amines) is 1. The fourth-order valence-electron chi connectivity index (χ4n) is 3.68. The molecule has 8 heteroatoms. The van der Waals surface area contributed by atoms with Gasteiger partial charge in [-0.2, -0.15) is 0 Å². The van der Waals surface area contributed by atoms with E-state index in [1.165, 1.54) is 5.69 Å². The van der Waals surface area contributed by atoms with Gasteiger partial charge < -0.3 is 25.3 Å². The lowest BCUT2D eigenvalue weighted by atomic mass is 10.2. The maximum absolute atomic E-state index is 12.6. The molecule has 3 rings (SSSR count). The summed E-state index contributed by atoms with van der Waals surface area (Å²) in [5.41, 5.74) is 1.19. The van der Waals surface area contributed by atoms with Gasteiger partial charge >= 0.3 is 0 Å². The van der Waals surface area contributed by atoms with Crippen molar-refractivity contribution in [3.05, 3.63) is 30.3 Å². The van der Waals surface area contributed by atoms with Crippen molar-refractivity contribution in [3.63, 3.8) is 0 Å². The smallest absolute Gasteiger partial charge is 0.244 e. The van der Waals surface area contributed by atoms with Gasteiger partial charge in [-0.05, 0) is 31.9 Å². The SMILES string of the molecule is CCNC(=NCC(=O)N1CCN(c2ccccc2)CC1)NCC(=O)N1CCCC1. The summed E-state index contributed by atoms with van der Waals surface area (Å²) in [4.78, 5) is 35.2. The number of hydrogen-bond acceptors (Lipinski definition) is 4. The highest BCUT2D eigenvalue weighted by molar-refractivity contribution is 5.88. The Morgan fingerprint density at radius 2 is 1.55 bits per heavy atom. The van der Waals surface area contributed by atoms with E-state index in [1.807, 2.05) is 34.9 Å². The zero-order valence-corrected chi connectivity index (χ0v) is 17.3.